The lowest BCUT2D eigenvalue weighted by Crippen LogP contribution is -2.30. The highest BCUT2D eigenvalue weighted by molar-refractivity contribution is 5.79. The van der Waals surface area contributed by atoms with E-state index >= 15 is 0 Å². The van der Waals surface area contributed by atoms with E-state index in [2.05, 4.69) is 17.0 Å². The third kappa shape index (κ3) is 2.15. The number of carbonyl (C=O) groups is 1. The smallest absolute Gasteiger partial charge is 0.255 e. The summed E-state index contributed by atoms with van der Waals surface area (Å²) in [5.74, 6) is 0.884. The van der Waals surface area contributed by atoms with Gasteiger partial charge in [0.05, 0.1) is 5.69 Å². The van der Waals surface area contributed by atoms with Crippen LogP contribution in [0.25, 0.3) is 5.78 Å². The van der Waals surface area contributed by atoms with Gasteiger partial charge in [-0.2, -0.15) is 10.1 Å². The molecule has 0 amide bonds. The Labute approximate surface area is 116 Å². The molecule has 2 aromatic rings. The van der Waals surface area contributed by atoms with Crippen molar-refractivity contribution in [3.8, 4) is 0 Å². The van der Waals surface area contributed by atoms with E-state index < -0.39 is 0 Å². The first-order valence-electron chi connectivity index (χ1n) is 7.16. The number of carbonyl (C=O) groups excluding carboxylic acids is 1. The van der Waals surface area contributed by atoms with E-state index in [0.29, 0.717) is 31.5 Å². The highest BCUT2D eigenvalue weighted by Crippen LogP contribution is 2.26. The number of Topliss-reactive ketones (excluding diaryl/α,β-unsaturated/α-hetero) is 1. The molecule has 2 heterocycles. The molecular formula is C14H18N4O2. The van der Waals surface area contributed by atoms with E-state index in [9.17, 15) is 9.59 Å². The first-order chi connectivity index (χ1) is 9.70. The molecule has 6 heteroatoms. The van der Waals surface area contributed by atoms with Crippen LogP contribution < -0.4 is 5.56 Å². The Morgan fingerprint density at radius 1 is 1.30 bits per heavy atom. The number of aryl methyl sites for hydroxylation is 1. The van der Waals surface area contributed by atoms with Crippen molar-refractivity contribution in [2.24, 2.45) is 0 Å². The molecule has 1 aliphatic rings. The topological polar surface area (TPSA) is 69.3 Å². The summed E-state index contributed by atoms with van der Waals surface area (Å²) in [6.07, 6.45) is 5.78. The second-order valence-corrected chi connectivity index (χ2v) is 5.34. The Bertz CT molecular complexity index is 691. The highest BCUT2D eigenvalue weighted by Gasteiger charge is 2.23. The van der Waals surface area contributed by atoms with Crippen molar-refractivity contribution in [3.05, 3.63) is 28.4 Å². The Kier molecular flexibility index (Phi) is 3.38. The van der Waals surface area contributed by atoms with Crippen LogP contribution in [0.3, 0.4) is 0 Å². The van der Waals surface area contributed by atoms with E-state index in [1.54, 1.807) is 15.1 Å². The van der Waals surface area contributed by atoms with E-state index in [0.717, 1.165) is 18.5 Å². The summed E-state index contributed by atoms with van der Waals surface area (Å²) in [5, 5.41) is 4.23. The molecule has 0 N–H and O–H groups in total. The molecule has 106 valence electrons. The fourth-order valence-electron chi connectivity index (χ4n) is 2.93. The summed E-state index contributed by atoms with van der Waals surface area (Å²) >= 11 is 0. The van der Waals surface area contributed by atoms with Gasteiger partial charge in [-0.15, -0.1) is 0 Å². The van der Waals surface area contributed by atoms with Crippen molar-refractivity contribution in [1.29, 1.82) is 0 Å². The van der Waals surface area contributed by atoms with Crippen molar-refractivity contribution in [1.82, 2.24) is 19.2 Å². The lowest BCUT2D eigenvalue weighted by molar-refractivity contribution is -0.120. The zero-order chi connectivity index (χ0) is 14.1. The third-order valence-electron chi connectivity index (χ3n) is 3.93. The maximum atomic E-state index is 12.4. The van der Waals surface area contributed by atoms with Gasteiger partial charge in [-0.3, -0.25) is 14.2 Å². The summed E-state index contributed by atoms with van der Waals surface area (Å²) in [6.45, 7) is 2.07. The summed E-state index contributed by atoms with van der Waals surface area (Å²) in [5.41, 5.74) is 0.862. The Morgan fingerprint density at radius 2 is 2.05 bits per heavy atom. The van der Waals surface area contributed by atoms with Gasteiger partial charge in [0.25, 0.3) is 5.56 Å². The van der Waals surface area contributed by atoms with Crippen molar-refractivity contribution in [2.45, 2.75) is 51.5 Å². The number of rotatable bonds is 3. The van der Waals surface area contributed by atoms with Gasteiger partial charge in [-0.1, -0.05) is 13.3 Å². The number of hydrogen-bond acceptors (Lipinski definition) is 4. The largest absolute Gasteiger partial charge is 0.300 e. The maximum absolute atomic E-state index is 12.4. The van der Waals surface area contributed by atoms with Gasteiger partial charge >= 0.3 is 0 Å². The molecule has 0 atom stereocenters. The number of nitrogens with zero attached hydrogens (tertiary/aromatic N) is 4. The lowest BCUT2D eigenvalue weighted by atomic mass is 9.94. The molecule has 0 spiro atoms. The molecule has 2 aromatic heterocycles. The Hall–Kier alpha value is -1.98. The van der Waals surface area contributed by atoms with Gasteiger partial charge in [0.15, 0.2) is 0 Å². The SMILES string of the molecule is CCCc1cc(=O)n(C2CCC(=O)CC2)c2ncnn12. The molecule has 20 heavy (non-hydrogen) atoms. The van der Waals surface area contributed by atoms with Crippen LogP contribution in [0.1, 0.15) is 50.8 Å². The lowest BCUT2D eigenvalue weighted by Gasteiger charge is -2.23. The van der Waals surface area contributed by atoms with Gasteiger partial charge in [-0.05, 0) is 19.3 Å². The maximum Gasteiger partial charge on any atom is 0.255 e. The number of fused-ring (bicyclic) bond motifs is 1. The first-order valence-corrected chi connectivity index (χ1v) is 7.16. The normalized spacial score (nSPS) is 16.9. The van der Waals surface area contributed by atoms with E-state index in [1.807, 2.05) is 0 Å². The minimum Gasteiger partial charge on any atom is -0.300 e. The van der Waals surface area contributed by atoms with Crippen molar-refractivity contribution < 1.29 is 4.79 Å². The summed E-state index contributed by atoms with van der Waals surface area (Å²) in [6, 6.07) is 1.71. The highest BCUT2D eigenvalue weighted by atomic mass is 16.1. The van der Waals surface area contributed by atoms with Crippen LogP contribution in [0.5, 0.6) is 0 Å². The van der Waals surface area contributed by atoms with Crippen molar-refractivity contribution >= 4 is 11.6 Å². The minimum absolute atomic E-state index is 0.0340. The summed E-state index contributed by atoms with van der Waals surface area (Å²) in [7, 11) is 0. The van der Waals surface area contributed by atoms with E-state index in [-0.39, 0.29) is 17.4 Å². The van der Waals surface area contributed by atoms with Crippen molar-refractivity contribution in [2.75, 3.05) is 0 Å². The number of ketones is 1. The van der Waals surface area contributed by atoms with Crippen LogP contribution in [-0.2, 0) is 11.2 Å². The molecule has 0 unspecified atom stereocenters. The molecule has 0 aliphatic heterocycles. The van der Waals surface area contributed by atoms with Crippen LogP contribution in [0.2, 0.25) is 0 Å². The predicted molar refractivity (Wildman–Crippen MR) is 73.8 cm³/mol. The molecule has 1 aliphatic carbocycles. The minimum atomic E-state index is -0.0340. The second-order valence-electron chi connectivity index (χ2n) is 5.34. The molecule has 0 radical (unpaired) electrons. The molecule has 3 rings (SSSR count). The molecule has 1 saturated carbocycles. The zero-order valence-electron chi connectivity index (χ0n) is 11.6. The van der Waals surface area contributed by atoms with Crippen LogP contribution in [-0.4, -0.2) is 24.9 Å². The second kappa shape index (κ2) is 5.19. The molecule has 6 nitrogen and oxygen atoms in total. The quantitative estimate of drug-likeness (QED) is 0.851. The molecule has 0 bridgehead atoms. The molecule has 0 aromatic carbocycles. The van der Waals surface area contributed by atoms with E-state index in [4.69, 9.17) is 0 Å². The average molecular weight is 274 g/mol. The zero-order valence-corrected chi connectivity index (χ0v) is 11.6. The fourth-order valence-corrected chi connectivity index (χ4v) is 2.93. The van der Waals surface area contributed by atoms with Crippen molar-refractivity contribution in [3.63, 3.8) is 0 Å². The first kappa shape index (κ1) is 13.0. The van der Waals surface area contributed by atoms with Crippen LogP contribution in [0.4, 0.5) is 0 Å². The van der Waals surface area contributed by atoms with Gasteiger partial charge in [0.2, 0.25) is 5.78 Å². The van der Waals surface area contributed by atoms with Gasteiger partial charge in [0, 0.05) is 24.9 Å². The van der Waals surface area contributed by atoms with Gasteiger partial charge in [0.1, 0.15) is 12.1 Å². The van der Waals surface area contributed by atoms with Crippen LogP contribution in [0.15, 0.2) is 17.2 Å². The number of aromatic nitrogens is 4. The van der Waals surface area contributed by atoms with E-state index in [1.165, 1.54) is 6.33 Å². The number of hydrogen-bond donors (Lipinski definition) is 0. The summed E-state index contributed by atoms with van der Waals surface area (Å²) in [4.78, 5) is 28.0. The average Bonchev–Trinajstić information content (AvgIpc) is 2.90. The molecular weight excluding hydrogens is 256 g/mol. The Morgan fingerprint density at radius 3 is 2.75 bits per heavy atom. The van der Waals surface area contributed by atoms with Crippen LogP contribution >= 0.6 is 0 Å². The molecule has 0 saturated heterocycles. The molecule has 1 fully saturated rings. The summed E-state index contributed by atoms with van der Waals surface area (Å²) < 4.78 is 3.46. The van der Waals surface area contributed by atoms with Crippen LogP contribution in [0, 0.1) is 0 Å². The van der Waals surface area contributed by atoms with Gasteiger partial charge < -0.3 is 0 Å². The fraction of sp³-hybridized carbons (Fsp3) is 0.571. The third-order valence-corrected chi connectivity index (χ3v) is 3.93. The standard InChI is InChI=1S/C14H18N4O2/c1-2-3-11-8-13(20)17(14-15-9-16-18(11)14)10-4-6-12(19)7-5-10/h8-10H,2-7H2,1H3. The monoisotopic (exact) mass is 274 g/mol. The predicted octanol–water partition coefficient (Wildman–Crippen LogP) is 1.53. The van der Waals surface area contributed by atoms with Gasteiger partial charge in [-0.25, -0.2) is 4.52 Å². The Balaban J connectivity index is 2.09.